The zero-order chi connectivity index (χ0) is 23.5. The van der Waals surface area contributed by atoms with E-state index in [2.05, 4.69) is 48.9 Å². The van der Waals surface area contributed by atoms with Gasteiger partial charge in [0.15, 0.2) is 0 Å². The molecule has 5 aromatic rings. The summed E-state index contributed by atoms with van der Waals surface area (Å²) in [6.45, 7) is 6.51. The lowest BCUT2D eigenvalue weighted by Crippen LogP contribution is -2.11. The Morgan fingerprint density at radius 2 is 1.32 bits per heavy atom. The molecule has 0 radical (unpaired) electrons. The Morgan fingerprint density at radius 3 is 2.15 bits per heavy atom. The van der Waals surface area contributed by atoms with E-state index in [0.717, 1.165) is 27.8 Å². The average Bonchev–Trinajstić information content (AvgIpc) is 2.84. The van der Waals surface area contributed by atoms with E-state index in [0.29, 0.717) is 17.4 Å². The molecule has 0 N–H and O–H groups in total. The molecule has 0 saturated carbocycles. The van der Waals surface area contributed by atoms with Crippen LogP contribution >= 0.6 is 0 Å². The highest BCUT2D eigenvalue weighted by Crippen LogP contribution is 2.33. The quantitative estimate of drug-likeness (QED) is 0.273. The summed E-state index contributed by atoms with van der Waals surface area (Å²) in [6, 6.07) is 29.9. The summed E-state index contributed by atoms with van der Waals surface area (Å²) < 4.78 is 12.2. The Kier molecular flexibility index (Phi) is 5.72. The molecule has 3 aromatic carbocycles. The van der Waals surface area contributed by atoms with Crippen molar-refractivity contribution < 1.29 is 9.47 Å². The first-order valence-corrected chi connectivity index (χ1v) is 11.3. The lowest BCUT2D eigenvalue weighted by molar-refractivity contribution is 0.446. The van der Waals surface area contributed by atoms with Crippen molar-refractivity contribution in [2.24, 2.45) is 0 Å². The minimum absolute atomic E-state index is 0.0238. The van der Waals surface area contributed by atoms with E-state index in [1.54, 1.807) is 6.20 Å². The number of ether oxygens (including phenoxy) is 2. The predicted octanol–water partition coefficient (Wildman–Crippen LogP) is 8.18. The van der Waals surface area contributed by atoms with Gasteiger partial charge in [0.25, 0.3) is 0 Å². The molecule has 0 atom stereocenters. The fraction of sp³-hybridized carbons (Fsp3) is 0.133. The lowest BCUT2D eigenvalue weighted by atomic mass is 9.88. The number of hydrogen-bond donors (Lipinski definition) is 0. The fourth-order valence-corrected chi connectivity index (χ4v) is 3.85. The topological polar surface area (TPSA) is 44.2 Å². The Hall–Kier alpha value is -4.18. The first-order valence-electron chi connectivity index (χ1n) is 11.3. The predicted molar refractivity (Wildman–Crippen MR) is 137 cm³/mol. The second-order valence-corrected chi connectivity index (χ2v) is 9.22. The van der Waals surface area contributed by atoms with Crippen molar-refractivity contribution >= 4 is 10.8 Å². The monoisotopic (exact) mass is 446 g/mol. The van der Waals surface area contributed by atoms with Gasteiger partial charge in [-0.05, 0) is 52.8 Å². The van der Waals surface area contributed by atoms with Crippen LogP contribution in [0.2, 0.25) is 0 Å². The minimum Gasteiger partial charge on any atom is -0.457 e. The number of fused-ring (bicyclic) bond motifs is 1. The molecule has 168 valence electrons. The van der Waals surface area contributed by atoms with Crippen LogP contribution in [0.5, 0.6) is 23.1 Å². The van der Waals surface area contributed by atoms with Gasteiger partial charge in [-0.3, -0.25) is 4.98 Å². The van der Waals surface area contributed by atoms with Gasteiger partial charge in [0, 0.05) is 35.5 Å². The molecule has 0 aliphatic rings. The van der Waals surface area contributed by atoms with Gasteiger partial charge in [-0.15, -0.1) is 0 Å². The SMILES string of the molecule is CC(C)(C)c1ccnc(Oc2cccc(Oc3cccc(-c4nccc5ccccc45)c3)c2)c1. The minimum atomic E-state index is 0.0238. The number of rotatable bonds is 5. The Bertz CT molecular complexity index is 1450. The molecule has 2 aromatic heterocycles. The Labute approximate surface area is 199 Å². The van der Waals surface area contributed by atoms with Crippen molar-refractivity contribution in [3.8, 4) is 34.4 Å². The molecular formula is C30H26N2O2. The highest BCUT2D eigenvalue weighted by molar-refractivity contribution is 5.94. The van der Waals surface area contributed by atoms with Crippen molar-refractivity contribution in [3.05, 3.63) is 109 Å². The molecule has 4 nitrogen and oxygen atoms in total. The third-order valence-electron chi connectivity index (χ3n) is 5.65. The van der Waals surface area contributed by atoms with Crippen molar-refractivity contribution in [1.29, 1.82) is 0 Å². The Balaban J connectivity index is 1.38. The molecule has 0 spiro atoms. The first-order chi connectivity index (χ1) is 16.5. The summed E-state index contributed by atoms with van der Waals surface area (Å²) in [5.41, 5.74) is 3.13. The number of aromatic nitrogens is 2. The van der Waals surface area contributed by atoms with E-state index < -0.39 is 0 Å². The number of pyridine rings is 2. The van der Waals surface area contributed by atoms with Gasteiger partial charge in [-0.1, -0.05) is 63.2 Å². The van der Waals surface area contributed by atoms with E-state index in [1.807, 2.05) is 79.0 Å². The highest BCUT2D eigenvalue weighted by atomic mass is 16.5. The molecule has 0 bridgehead atoms. The standard InChI is InChI=1S/C30H26N2O2/c1-30(2,3)23-15-17-31-28(19-23)34-26-12-7-11-25(20-26)33-24-10-6-9-22(18-24)29-27-13-5-4-8-21(27)14-16-32-29/h4-20H,1-3H3. The maximum atomic E-state index is 6.18. The molecule has 2 heterocycles. The molecule has 4 heteroatoms. The van der Waals surface area contributed by atoms with Crippen LogP contribution in [0.15, 0.2) is 103 Å². The van der Waals surface area contributed by atoms with Crippen molar-refractivity contribution in [3.63, 3.8) is 0 Å². The fourth-order valence-electron chi connectivity index (χ4n) is 3.85. The van der Waals surface area contributed by atoms with Gasteiger partial charge in [0.2, 0.25) is 5.88 Å². The molecule has 34 heavy (non-hydrogen) atoms. The van der Waals surface area contributed by atoms with Gasteiger partial charge in [0.05, 0.1) is 5.69 Å². The van der Waals surface area contributed by atoms with E-state index in [-0.39, 0.29) is 5.41 Å². The maximum Gasteiger partial charge on any atom is 0.219 e. The second-order valence-electron chi connectivity index (χ2n) is 9.22. The van der Waals surface area contributed by atoms with Crippen LogP contribution < -0.4 is 9.47 Å². The molecule has 0 aliphatic heterocycles. The normalized spacial score (nSPS) is 11.4. The molecule has 0 aliphatic carbocycles. The van der Waals surface area contributed by atoms with E-state index >= 15 is 0 Å². The zero-order valence-corrected chi connectivity index (χ0v) is 19.5. The largest absolute Gasteiger partial charge is 0.457 e. The van der Waals surface area contributed by atoms with Crippen LogP contribution in [0.4, 0.5) is 0 Å². The number of benzene rings is 3. The summed E-state index contributed by atoms with van der Waals surface area (Å²) in [6.07, 6.45) is 3.62. The van der Waals surface area contributed by atoms with Gasteiger partial charge in [-0.2, -0.15) is 0 Å². The smallest absolute Gasteiger partial charge is 0.219 e. The summed E-state index contributed by atoms with van der Waals surface area (Å²) in [4.78, 5) is 8.99. The van der Waals surface area contributed by atoms with Crippen LogP contribution in [-0.4, -0.2) is 9.97 Å². The summed E-state index contributed by atoms with van der Waals surface area (Å²) in [5.74, 6) is 2.65. The van der Waals surface area contributed by atoms with Crippen LogP contribution in [-0.2, 0) is 5.41 Å². The van der Waals surface area contributed by atoms with Crippen LogP contribution in [0, 0.1) is 0 Å². The van der Waals surface area contributed by atoms with Crippen LogP contribution in [0.1, 0.15) is 26.3 Å². The van der Waals surface area contributed by atoms with Gasteiger partial charge in [-0.25, -0.2) is 4.98 Å². The third-order valence-corrected chi connectivity index (χ3v) is 5.65. The van der Waals surface area contributed by atoms with E-state index in [1.165, 1.54) is 5.56 Å². The molecule has 0 unspecified atom stereocenters. The maximum absolute atomic E-state index is 6.18. The second kappa shape index (κ2) is 8.99. The molecule has 0 fully saturated rings. The van der Waals surface area contributed by atoms with E-state index in [9.17, 15) is 0 Å². The van der Waals surface area contributed by atoms with Gasteiger partial charge >= 0.3 is 0 Å². The third kappa shape index (κ3) is 4.76. The molecular weight excluding hydrogens is 420 g/mol. The van der Waals surface area contributed by atoms with Gasteiger partial charge < -0.3 is 9.47 Å². The molecule has 5 rings (SSSR count). The number of hydrogen-bond acceptors (Lipinski definition) is 4. The first kappa shape index (κ1) is 21.7. The van der Waals surface area contributed by atoms with Crippen molar-refractivity contribution in [2.75, 3.05) is 0 Å². The summed E-state index contributed by atoms with van der Waals surface area (Å²) in [7, 11) is 0. The average molecular weight is 447 g/mol. The molecule has 0 amide bonds. The molecule has 0 saturated heterocycles. The van der Waals surface area contributed by atoms with Gasteiger partial charge in [0.1, 0.15) is 17.2 Å². The lowest BCUT2D eigenvalue weighted by Gasteiger charge is -2.19. The zero-order valence-electron chi connectivity index (χ0n) is 19.5. The van der Waals surface area contributed by atoms with Crippen molar-refractivity contribution in [1.82, 2.24) is 9.97 Å². The van der Waals surface area contributed by atoms with Crippen molar-refractivity contribution in [2.45, 2.75) is 26.2 Å². The van der Waals surface area contributed by atoms with Crippen LogP contribution in [0.25, 0.3) is 22.0 Å². The summed E-state index contributed by atoms with van der Waals surface area (Å²) in [5, 5.41) is 2.27. The highest BCUT2D eigenvalue weighted by Gasteiger charge is 2.15. The number of nitrogens with zero attached hydrogens (tertiary/aromatic N) is 2. The van der Waals surface area contributed by atoms with E-state index in [4.69, 9.17) is 9.47 Å². The Morgan fingerprint density at radius 1 is 0.618 bits per heavy atom. The summed E-state index contributed by atoms with van der Waals surface area (Å²) >= 11 is 0. The van der Waals surface area contributed by atoms with Crippen LogP contribution in [0.3, 0.4) is 0 Å².